The number of nitrogens with one attached hydrogen (secondary N) is 3. The number of primary amides is 1. The van der Waals surface area contributed by atoms with Crippen LogP contribution in [-0.2, 0) is 11.3 Å². The lowest BCUT2D eigenvalue weighted by Gasteiger charge is -2.12. The maximum atomic E-state index is 11.9. The molecule has 0 unspecified atom stereocenters. The van der Waals surface area contributed by atoms with Gasteiger partial charge in [0.25, 0.3) is 5.91 Å². The summed E-state index contributed by atoms with van der Waals surface area (Å²) in [7, 11) is 0. The number of guanidine groups is 1. The number of hydrogen-bond donors (Lipinski definition) is 4. The first-order valence-electron chi connectivity index (χ1n) is 9.94. The molecular formula is C22H29N5O3. The highest BCUT2D eigenvalue weighted by molar-refractivity contribution is 5.96. The first-order valence-corrected chi connectivity index (χ1v) is 9.94. The van der Waals surface area contributed by atoms with Gasteiger partial charge in [0.05, 0.1) is 19.7 Å². The minimum absolute atomic E-state index is 0.182. The molecule has 0 aromatic heterocycles. The number of amides is 2. The van der Waals surface area contributed by atoms with E-state index in [0.717, 1.165) is 36.8 Å². The van der Waals surface area contributed by atoms with Gasteiger partial charge in [-0.25, -0.2) is 4.99 Å². The number of para-hydroxylation sites is 1. The molecule has 0 aliphatic carbocycles. The molecule has 2 rings (SSSR count). The highest BCUT2D eigenvalue weighted by Gasteiger charge is 2.06. The molecule has 0 radical (unpaired) electrons. The number of benzene rings is 2. The molecule has 2 amide bonds. The highest BCUT2D eigenvalue weighted by Crippen LogP contribution is 2.08. The van der Waals surface area contributed by atoms with Crippen molar-refractivity contribution in [3.8, 4) is 5.75 Å². The van der Waals surface area contributed by atoms with E-state index >= 15 is 0 Å². The first-order chi connectivity index (χ1) is 14.6. The van der Waals surface area contributed by atoms with E-state index < -0.39 is 5.91 Å². The van der Waals surface area contributed by atoms with Crippen LogP contribution >= 0.6 is 0 Å². The Morgan fingerprint density at radius 1 is 1.00 bits per heavy atom. The van der Waals surface area contributed by atoms with Crippen molar-refractivity contribution in [1.82, 2.24) is 16.0 Å². The fourth-order valence-electron chi connectivity index (χ4n) is 2.53. The summed E-state index contributed by atoms with van der Waals surface area (Å²) >= 11 is 0. The molecule has 8 heteroatoms. The van der Waals surface area contributed by atoms with Crippen LogP contribution in [0.15, 0.2) is 59.6 Å². The average Bonchev–Trinajstić information content (AvgIpc) is 2.76. The molecule has 0 saturated heterocycles. The first kappa shape index (κ1) is 22.7. The van der Waals surface area contributed by atoms with Crippen LogP contribution in [0.4, 0.5) is 0 Å². The zero-order valence-corrected chi connectivity index (χ0v) is 17.2. The molecule has 30 heavy (non-hydrogen) atoms. The molecule has 0 aliphatic rings. The Labute approximate surface area is 176 Å². The average molecular weight is 412 g/mol. The number of ether oxygens (including phenoxy) is 1. The summed E-state index contributed by atoms with van der Waals surface area (Å²) in [6.07, 6.45) is 0.842. The van der Waals surface area contributed by atoms with Crippen LogP contribution in [0.25, 0.3) is 0 Å². The minimum Gasteiger partial charge on any atom is -0.494 e. The number of carbonyl (C=O) groups excluding carboxylic acids is 2. The number of nitrogens with two attached hydrogens (primary N) is 1. The van der Waals surface area contributed by atoms with Gasteiger partial charge in [-0.2, -0.15) is 0 Å². The smallest absolute Gasteiger partial charge is 0.251 e. The topological polar surface area (TPSA) is 118 Å². The quantitative estimate of drug-likeness (QED) is 0.253. The van der Waals surface area contributed by atoms with Gasteiger partial charge < -0.3 is 26.4 Å². The Hall–Kier alpha value is -3.55. The van der Waals surface area contributed by atoms with Crippen LogP contribution < -0.4 is 26.4 Å². The summed E-state index contributed by atoms with van der Waals surface area (Å²) in [5, 5.41) is 8.95. The van der Waals surface area contributed by atoms with Crippen LogP contribution in [0.5, 0.6) is 5.75 Å². The largest absolute Gasteiger partial charge is 0.494 e. The number of carbonyl (C=O) groups is 2. The van der Waals surface area contributed by atoms with Gasteiger partial charge in [0, 0.05) is 18.7 Å². The third-order valence-electron chi connectivity index (χ3n) is 4.03. The Kier molecular flexibility index (Phi) is 9.72. The van der Waals surface area contributed by atoms with Gasteiger partial charge in [-0.15, -0.1) is 0 Å². The van der Waals surface area contributed by atoms with Crippen molar-refractivity contribution in [3.05, 3.63) is 65.7 Å². The summed E-state index contributed by atoms with van der Waals surface area (Å²) < 4.78 is 5.68. The summed E-state index contributed by atoms with van der Waals surface area (Å²) in [5.41, 5.74) is 6.46. The van der Waals surface area contributed by atoms with Crippen LogP contribution in [0, 0.1) is 0 Å². The second-order valence-corrected chi connectivity index (χ2v) is 6.48. The molecule has 0 heterocycles. The molecular weight excluding hydrogens is 382 g/mol. The fourth-order valence-corrected chi connectivity index (χ4v) is 2.53. The van der Waals surface area contributed by atoms with Gasteiger partial charge in [-0.3, -0.25) is 9.59 Å². The number of hydrogen-bond acceptors (Lipinski definition) is 4. The summed E-state index contributed by atoms with van der Waals surface area (Å²) in [6.45, 7) is 4.41. The predicted molar refractivity (Wildman–Crippen MR) is 117 cm³/mol. The van der Waals surface area contributed by atoms with Crippen molar-refractivity contribution < 1.29 is 14.3 Å². The monoisotopic (exact) mass is 411 g/mol. The normalized spacial score (nSPS) is 10.9. The molecule has 8 nitrogen and oxygen atoms in total. The lowest BCUT2D eigenvalue weighted by Crippen LogP contribution is -2.38. The van der Waals surface area contributed by atoms with E-state index in [-0.39, 0.29) is 12.5 Å². The van der Waals surface area contributed by atoms with Gasteiger partial charge in [-0.05, 0) is 43.2 Å². The highest BCUT2D eigenvalue weighted by atomic mass is 16.5. The molecule has 0 atom stereocenters. The van der Waals surface area contributed by atoms with Crippen LogP contribution in [-0.4, -0.2) is 44.0 Å². The van der Waals surface area contributed by atoms with Gasteiger partial charge in [-0.1, -0.05) is 30.3 Å². The maximum absolute atomic E-state index is 11.9. The second kappa shape index (κ2) is 12.8. The third kappa shape index (κ3) is 8.64. The zero-order chi connectivity index (χ0) is 21.6. The van der Waals surface area contributed by atoms with Crippen molar-refractivity contribution in [2.75, 3.05) is 26.2 Å². The van der Waals surface area contributed by atoms with Crippen LogP contribution in [0.3, 0.4) is 0 Å². The molecule has 0 bridgehead atoms. The minimum atomic E-state index is -0.579. The van der Waals surface area contributed by atoms with Crippen LogP contribution in [0.2, 0.25) is 0 Å². The van der Waals surface area contributed by atoms with E-state index in [9.17, 15) is 9.59 Å². The van der Waals surface area contributed by atoms with Gasteiger partial charge in [0.2, 0.25) is 5.91 Å². The van der Waals surface area contributed by atoms with E-state index in [2.05, 4.69) is 20.9 Å². The molecule has 5 N–H and O–H groups in total. The Bertz CT molecular complexity index is 822. The number of aliphatic imine (C=N–C) groups is 1. The van der Waals surface area contributed by atoms with Crippen molar-refractivity contribution in [3.63, 3.8) is 0 Å². The molecule has 0 fully saturated rings. The SMILES string of the molecule is CCNC(=NCc1ccc(C(=O)NCC(N)=O)cc1)NCCCOc1ccccc1. The van der Waals surface area contributed by atoms with Crippen molar-refractivity contribution in [2.45, 2.75) is 19.9 Å². The van der Waals surface area contributed by atoms with E-state index in [1.807, 2.05) is 49.4 Å². The van der Waals surface area contributed by atoms with E-state index in [1.165, 1.54) is 0 Å². The predicted octanol–water partition coefficient (Wildman–Crippen LogP) is 1.43. The lowest BCUT2D eigenvalue weighted by atomic mass is 10.1. The Morgan fingerprint density at radius 3 is 2.40 bits per heavy atom. The Morgan fingerprint density at radius 2 is 1.73 bits per heavy atom. The lowest BCUT2D eigenvalue weighted by molar-refractivity contribution is -0.117. The van der Waals surface area contributed by atoms with E-state index in [1.54, 1.807) is 12.1 Å². The van der Waals surface area contributed by atoms with E-state index in [4.69, 9.17) is 10.5 Å². The fraction of sp³-hybridized carbons (Fsp3) is 0.318. The summed E-state index contributed by atoms with van der Waals surface area (Å²) in [5.74, 6) is 0.672. The second-order valence-electron chi connectivity index (χ2n) is 6.48. The molecule has 0 spiro atoms. The van der Waals surface area contributed by atoms with Crippen molar-refractivity contribution in [2.24, 2.45) is 10.7 Å². The maximum Gasteiger partial charge on any atom is 0.251 e. The van der Waals surface area contributed by atoms with Crippen LogP contribution in [0.1, 0.15) is 29.3 Å². The number of rotatable bonds is 11. The van der Waals surface area contributed by atoms with Gasteiger partial charge in [0.1, 0.15) is 5.75 Å². The molecule has 0 saturated carbocycles. The number of nitrogens with zero attached hydrogens (tertiary/aromatic N) is 1. The molecule has 2 aromatic rings. The third-order valence-corrected chi connectivity index (χ3v) is 4.03. The Balaban J connectivity index is 1.77. The van der Waals surface area contributed by atoms with E-state index in [0.29, 0.717) is 18.7 Å². The zero-order valence-electron chi connectivity index (χ0n) is 17.2. The van der Waals surface area contributed by atoms with Gasteiger partial charge in [0.15, 0.2) is 5.96 Å². The molecule has 2 aromatic carbocycles. The van der Waals surface area contributed by atoms with Gasteiger partial charge >= 0.3 is 0 Å². The summed E-state index contributed by atoms with van der Waals surface area (Å²) in [6, 6.07) is 16.8. The standard InChI is InChI=1S/C22H29N5O3/c1-2-24-22(25-13-6-14-30-19-7-4-3-5-8-19)27-15-17-9-11-18(12-10-17)21(29)26-16-20(23)28/h3-5,7-12H,2,6,13-16H2,1H3,(H2,23,28)(H,26,29)(H2,24,25,27). The molecule has 160 valence electrons. The van der Waals surface area contributed by atoms with Crippen molar-refractivity contribution >= 4 is 17.8 Å². The molecule has 0 aliphatic heterocycles. The summed E-state index contributed by atoms with van der Waals surface area (Å²) in [4.78, 5) is 27.2. The van der Waals surface area contributed by atoms with Crippen molar-refractivity contribution in [1.29, 1.82) is 0 Å².